The van der Waals surface area contributed by atoms with Crippen LogP contribution in [0.15, 0.2) is 22.2 Å². The molecule has 0 bridgehead atoms. The van der Waals surface area contributed by atoms with Gasteiger partial charge in [0.1, 0.15) is 16.8 Å². The summed E-state index contributed by atoms with van der Waals surface area (Å²) in [5.41, 5.74) is 7.99. The molecule has 2 fully saturated rings. The van der Waals surface area contributed by atoms with E-state index in [0.717, 1.165) is 38.0 Å². The van der Waals surface area contributed by atoms with Crippen molar-refractivity contribution in [3.8, 4) is 6.07 Å². The molecule has 0 radical (unpaired) electrons. The highest BCUT2D eigenvalue weighted by Crippen LogP contribution is 2.43. The van der Waals surface area contributed by atoms with Gasteiger partial charge in [0, 0.05) is 35.6 Å². The zero-order valence-corrected chi connectivity index (χ0v) is 19.8. The lowest BCUT2D eigenvalue weighted by Crippen LogP contribution is -2.51. The van der Waals surface area contributed by atoms with E-state index in [1.807, 2.05) is 13.0 Å². The molecule has 32 heavy (non-hydrogen) atoms. The van der Waals surface area contributed by atoms with Crippen LogP contribution >= 0.6 is 23.4 Å². The first kappa shape index (κ1) is 23.2. The average molecular weight is 475 g/mol. The van der Waals surface area contributed by atoms with Crippen molar-refractivity contribution in [1.29, 1.82) is 5.26 Å². The third-order valence-electron chi connectivity index (χ3n) is 6.55. The fourth-order valence-corrected chi connectivity index (χ4v) is 5.69. The Labute approximate surface area is 197 Å². The third-order valence-corrected chi connectivity index (χ3v) is 8.18. The molecule has 0 unspecified atom stereocenters. The van der Waals surface area contributed by atoms with Crippen LogP contribution in [0.25, 0.3) is 0 Å². The molecule has 4 heterocycles. The zero-order valence-electron chi connectivity index (χ0n) is 18.2. The number of hydrogen-bond donors (Lipinski definition) is 2. The summed E-state index contributed by atoms with van der Waals surface area (Å²) < 4.78 is 5.96. The van der Waals surface area contributed by atoms with Crippen molar-refractivity contribution in [3.63, 3.8) is 0 Å². The summed E-state index contributed by atoms with van der Waals surface area (Å²) in [4.78, 5) is 16.3. The zero-order chi connectivity index (χ0) is 22.9. The number of nitriles is 1. The van der Waals surface area contributed by atoms with Gasteiger partial charge < -0.3 is 20.5 Å². The molecule has 2 aromatic rings. The average Bonchev–Trinajstić information content (AvgIpc) is 3.11. The second-order valence-electron chi connectivity index (χ2n) is 8.36. The van der Waals surface area contributed by atoms with Crippen molar-refractivity contribution < 1.29 is 9.84 Å². The Balaban J connectivity index is 1.54. The van der Waals surface area contributed by atoms with Crippen molar-refractivity contribution in [2.45, 2.75) is 61.8 Å². The third kappa shape index (κ3) is 4.18. The molecule has 10 heteroatoms. The Hall–Kier alpha value is -1.96. The standard InChI is InChI=1S/C22H27ClN6O2S/c1-3-16-19(25)22(12-31-16)5-8-29(9-6-22)20-15(11-30)28-21(13(2)27-20)32-17-4-7-26-14(10-24)18(17)23/h4,7,16,19,30H,3,5-6,8-9,11-12,25H2,1-2H3/t16-,19+/m0/s1. The molecular weight excluding hydrogens is 448 g/mol. The molecule has 0 amide bonds. The highest BCUT2D eigenvalue weighted by Gasteiger charge is 2.48. The molecule has 2 aliphatic rings. The van der Waals surface area contributed by atoms with E-state index in [1.54, 1.807) is 12.3 Å². The van der Waals surface area contributed by atoms with E-state index in [0.29, 0.717) is 28.0 Å². The first-order valence-corrected chi connectivity index (χ1v) is 11.9. The van der Waals surface area contributed by atoms with Gasteiger partial charge in [0.15, 0.2) is 11.5 Å². The van der Waals surface area contributed by atoms with Crippen LogP contribution in [0.5, 0.6) is 0 Å². The Morgan fingerprint density at radius 1 is 1.41 bits per heavy atom. The number of halogens is 1. The van der Waals surface area contributed by atoms with E-state index in [2.05, 4.69) is 21.8 Å². The van der Waals surface area contributed by atoms with Crippen LogP contribution in [0.3, 0.4) is 0 Å². The maximum absolute atomic E-state index is 10.0. The topological polar surface area (TPSA) is 121 Å². The first-order chi connectivity index (χ1) is 15.4. The summed E-state index contributed by atoms with van der Waals surface area (Å²) in [5, 5.41) is 20.1. The smallest absolute Gasteiger partial charge is 0.160 e. The fraction of sp³-hybridized carbons (Fsp3) is 0.545. The monoisotopic (exact) mass is 474 g/mol. The Morgan fingerprint density at radius 3 is 2.78 bits per heavy atom. The summed E-state index contributed by atoms with van der Waals surface area (Å²) in [6.45, 7) is 6.09. The largest absolute Gasteiger partial charge is 0.390 e. The molecule has 8 nitrogen and oxygen atoms in total. The second kappa shape index (κ2) is 9.49. The normalized spacial score (nSPS) is 22.3. The summed E-state index contributed by atoms with van der Waals surface area (Å²) >= 11 is 7.61. The quantitative estimate of drug-likeness (QED) is 0.673. The van der Waals surface area contributed by atoms with Gasteiger partial charge >= 0.3 is 0 Å². The van der Waals surface area contributed by atoms with E-state index in [4.69, 9.17) is 32.3 Å². The van der Waals surface area contributed by atoms with Crippen molar-refractivity contribution in [2.75, 3.05) is 24.6 Å². The molecule has 2 atom stereocenters. The van der Waals surface area contributed by atoms with Crippen LogP contribution in [-0.2, 0) is 11.3 Å². The number of piperidine rings is 1. The number of hydrogen-bond acceptors (Lipinski definition) is 9. The van der Waals surface area contributed by atoms with Crippen LogP contribution in [-0.4, -0.2) is 51.9 Å². The van der Waals surface area contributed by atoms with Gasteiger partial charge in [0.25, 0.3) is 0 Å². The molecular formula is C22H27ClN6O2S. The Bertz CT molecular complexity index is 1040. The minimum Gasteiger partial charge on any atom is -0.390 e. The minimum absolute atomic E-state index is 0.0192. The number of rotatable bonds is 5. The van der Waals surface area contributed by atoms with Gasteiger partial charge in [-0.3, -0.25) is 0 Å². The van der Waals surface area contributed by atoms with E-state index in [1.165, 1.54) is 11.8 Å². The number of nitrogens with two attached hydrogens (primary N) is 1. The van der Waals surface area contributed by atoms with Crippen LogP contribution in [0.1, 0.15) is 43.3 Å². The highest BCUT2D eigenvalue weighted by atomic mass is 35.5. The number of aromatic nitrogens is 3. The van der Waals surface area contributed by atoms with Gasteiger partial charge in [-0.2, -0.15) is 5.26 Å². The molecule has 2 aromatic heterocycles. The molecule has 0 saturated carbocycles. The molecule has 2 saturated heterocycles. The lowest BCUT2D eigenvalue weighted by atomic mass is 9.73. The van der Waals surface area contributed by atoms with Gasteiger partial charge in [0.2, 0.25) is 0 Å². The molecule has 170 valence electrons. The highest BCUT2D eigenvalue weighted by molar-refractivity contribution is 7.99. The predicted molar refractivity (Wildman–Crippen MR) is 123 cm³/mol. The number of anilines is 1. The SMILES string of the molecule is CC[C@@H]1OCC2(CCN(c3nc(C)c(Sc4ccnc(C#N)c4Cl)nc3CO)CC2)[C@@H]1N. The maximum atomic E-state index is 10.0. The van der Waals surface area contributed by atoms with Crippen LogP contribution in [0, 0.1) is 23.7 Å². The summed E-state index contributed by atoms with van der Waals surface area (Å²) in [6.07, 6.45) is 4.46. The summed E-state index contributed by atoms with van der Waals surface area (Å²) in [7, 11) is 0. The van der Waals surface area contributed by atoms with Crippen LogP contribution < -0.4 is 10.6 Å². The number of aliphatic hydroxyl groups excluding tert-OH is 1. The van der Waals surface area contributed by atoms with Gasteiger partial charge in [0.05, 0.1) is 30.0 Å². The predicted octanol–water partition coefficient (Wildman–Crippen LogP) is 3.07. The van der Waals surface area contributed by atoms with Crippen LogP contribution in [0.4, 0.5) is 5.82 Å². The molecule has 4 rings (SSSR count). The lowest BCUT2D eigenvalue weighted by molar-refractivity contribution is 0.0858. The van der Waals surface area contributed by atoms with Crippen molar-refractivity contribution >= 4 is 29.2 Å². The number of pyridine rings is 1. The molecule has 3 N–H and O–H groups in total. The summed E-state index contributed by atoms with van der Waals surface area (Å²) in [5.74, 6) is 0.710. The summed E-state index contributed by atoms with van der Waals surface area (Å²) in [6, 6.07) is 3.78. The van der Waals surface area contributed by atoms with Gasteiger partial charge in [-0.05, 0) is 32.3 Å². The number of nitrogens with zero attached hydrogens (tertiary/aromatic N) is 5. The number of ether oxygens (including phenoxy) is 1. The van der Waals surface area contributed by atoms with Crippen LogP contribution in [0.2, 0.25) is 5.02 Å². The Kier molecular flexibility index (Phi) is 6.89. The molecule has 0 aromatic carbocycles. The lowest BCUT2D eigenvalue weighted by Gasteiger charge is -2.42. The Morgan fingerprint density at radius 2 is 2.16 bits per heavy atom. The molecule has 0 aliphatic carbocycles. The maximum Gasteiger partial charge on any atom is 0.160 e. The van der Waals surface area contributed by atoms with E-state index in [9.17, 15) is 5.11 Å². The van der Waals surface area contributed by atoms with Crippen molar-refractivity contribution in [2.24, 2.45) is 11.1 Å². The van der Waals surface area contributed by atoms with E-state index < -0.39 is 0 Å². The first-order valence-electron chi connectivity index (χ1n) is 10.8. The number of aliphatic hydroxyl groups is 1. The van der Waals surface area contributed by atoms with Crippen molar-refractivity contribution in [3.05, 3.63) is 34.4 Å². The van der Waals surface area contributed by atoms with E-state index in [-0.39, 0.29) is 34.9 Å². The molecule has 2 aliphatic heterocycles. The van der Waals surface area contributed by atoms with E-state index >= 15 is 0 Å². The van der Waals surface area contributed by atoms with Gasteiger partial charge in [-0.1, -0.05) is 30.3 Å². The fourth-order valence-electron chi connectivity index (χ4n) is 4.55. The number of aryl methyl sites for hydroxylation is 1. The van der Waals surface area contributed by atoms with Gasteiger partial charge in [-0.15, -0.1) is 0 Å². The minimum atomic E-state index is -0.216. The van der Waals surface area contributed by atoms with Crippen molar-refractivity contribution in [1.82, 2.24) is 15.0 Å². The molecule has 1 spiro atoms. The van der Waals surface area contributed by atoms with Gasteiger partial charge in [-0.25, -0.2) is 15.0 Å². The second-order valence-corrected chi connectivity index (χ2v) is 9.77.